The van der Waals surface area contributed by atoms with Crippen LogP contribution in [0.15, 0.2) is 91.3 Å². The molecule has 0 saturated heterocycles. The molecule has 0 fully saturated rings. The van der Waals surface area contributed by atoms with Crippen LogP contribution in [0.4, 0.5) is 4.79 Å². The first-order chi connectivity index (χ1) is 23.2. The fourth-order valence-corrected chi connectivity index (χ4v) is 6.22. The summed E-state index contributed by atoms with van der Waals surface area (Å²) >= 11 is 0. The highest BCUT2D eigenvalue weighted by atomic mass is 16.6. The Kier molecular flexibility index (Phi) is 11.3. The SMILES string of the molecule is CCOC(=O)C(C)(C)c1ccc2[nH]c(-c3cc(C)cc(C)c3)c(CCN(CCCCc3cccnc3)C(=O)OCc3ccccc3)c2c1. The summed E-state index contributed by atoms with van der Waals surface area (Å²) in [5.41, 5.74) is 8.77. The molecule has 0 saturated carbocycles. The molecule has 5 aromatic rings. The van der Waals surface area contributed by atoms with E-state index in [2.05, 4.69) is 54.1 Å². The van der Waals surface area contributed by atoms with Crippen molar-refractivity contribution in [2.24, 2.45) is 0 Å². The zero-order valence-electron chi connectivity index (χ0n) is 28.8. The normalized spacial score (nSPS) is 11.4. The van der Waals surface area contributed by atoms with Crippen molar-refractivity contribution >= 4 is 23.0 Å². The molecule has 7 heteroatoms. The van der Waals surface area contributed by atoms with Gasteiger partial charge in [-0.2, -0.15) is 0 Å². The van der Waals surface area contributed by atoms with Crippen LogP contribution in [-0.4, -0.2) is 46.6 Å². The quantitative estimate of drug-likeness (QED) is 0.0963. The minimum Gasteiger partial charge on any atom is -0.465 e. The molecule has 0 aliphatic heterocycles. The third-order valence-corrected chi connectivity index (χ3v) is 8.89. The molecule has 48 heavy (non-hydrogen) atoms. The van der Waals surface area contributed by atoms with Crippen molar-refractivity contribution in [2.45, 2.75) is 72.3 Å². The molecule has 2 heterocycles. The van der Waals surface area contributed by atoms with Crippen LogP contribution in [0.5, 0.6) is 0 Å². The number of carbonyl (C=O) groups is 2. The van der Waals surface area contributed by atoms with Crippen LogP contribution >= 0.6 is 0 Å². The lowest BCUT2D eigenvalue weighted by Gasteiger charge is -2.24. The Morgan fingerprint density at radius 3 is 2.29 bits per heavy atom. The maximum atomic E-state index is 13.6. The topological polar surface area (TPSA) is 84.5 Å². The smallest absolute Gasteiger partial charge is 0.410 e. The van der Waals surface area contributed by atoms with Gasteiger partial charge in [-0.1, -0.05) is 59.7 Å². The number of aromatic amines is 1. The highest BCUT2D eigenvalue weighted by Gasteiger charge is 2.32. The molecule has 250 valence electrons. The molecule has 5 rings (SSSR count). The molecule has 0 aliphatic rings. The van der Waals surface area contributed by atoms with E-state index in [1.807, 2.05) is 80.4 Å². The van der Waals surface area contributed by atoms with E-state index < -0.39 is 5.41 Å². The third kappa shape index (κ3) is 8.51. The predicted octanol–water partition coefficient (Wildman–Crippen LogP) is 8.89. The van der Waals surface area contributed by atoms with Crippen molar-refractivity contribution in [3.63, 3.8) is 0 Å². The summed E-state index contributed by atoms with van der Waals surface area (Å²) < 4.78 is 11.3. The second kappa shape index (κ2) is 15.8. The van der Waals surface area contributed by atoms with Crippen molar-refractivity contribution < 1.29 is 19.1 Å². The molecule has 0 spiro atoms. The zero-order valence-corrected chi connectivity index (χ0v) is 28.8. The molecule has 2 aromatic heterocycles. The van der Waals surface area contributed by atoms with Gasteiger partial charge in [-0.05, 0) is 118 Å². The number of rotatable bonds is 14. The van der Waals surface area contributed by atoms with Crippen LogP contribution < -0.4 is 0 Å². The average Bonchev–Trinajstić information content (AvgIpc) is 3.45. The first-order valence-electron chi connectivity index (χ1n) is 16.9. The summed E-state index contributed by atoms with van der Waals surface area (Å²) in [6, 6.07) is 26.5. The van der Waals surface area contributed by atoms with E-state index in [0.717, 1.165) is 58.1 Å². The number of carbonyl (C=O) groups excluding carboxylic acids is 2. The number of aryl methyl sites for hydroxylation is 3. The number of H-pyrrole nitrogens is 1. The molecule has 3 aromatic carbocycles. The number of ether oxygens (including phenoxy) is 2. The molecule has 1 amide bonds. The van der Waals surface area contributed by atoms with E-state index in [1.165, 1.54) is 16.7 Å². The molecule has 1 N–H and O–H groups in total. The van der Waals surface area contributed by atoms with E-state index >= 15 is 0 Å². The van der Waals surface area contributed by atoms with Crippen LogP contribution in [-0.2, 0) is 39.1 Å². The zero-order chi connectivity index (χ0) is 34.1. The van der Waals surface area contributed by atoms with Gasteiger partial charge in [0.1, 0.15) is 6.61 Å². The third-order valence-electron chi connectivity index (χ3n) is 8.89. The summed E-state index contributed by atoms with van der Waals surface area (Å²) in [6.45, 7) is 11.5. The van der Waals surface area contributed by atoms with Gasteiger partial charge in [0.05, 0.1) is 12.0 Å². The molecule has 7 nitrogen and oxygen atoms in total. The van der Waals surface area contributed by atoms with Gasteiger partial charge in [-0.25, -0.2) is 4.79 Å². The molecule has 0 atom stereocenters. The fourth-order valence-electron chi connectivity index (χ4n) is 6.22. The van der Waals surface area contributed by atoms with Crippen LogP contribution in [0, 0.1) is 13.8 Å². The Balaban J connectivity index is 1.45. The van der Waals surface area contributed by atoms with Crippen LogP contribution in [0.1, 0.15) is 67.0 Å². The van der Waals surface area contributed by atoms with Gasteiger partial charge >= 0.3 is 12.1 Å². The standard InChI is InChI=1S/C41H47N3O4/c1-6-47-39(45)41(4,5)34-17-18-37-36(26-34)35(38(43-37)33-24-29(2)23-30(3)25-33)19-22-44(21-11-10-13-31-16-12-20-42-27-31)40(46)48-28-32-14-8-7-9-15-32/h7-9,12,14-18,20,23-27,43H,6,10-11,13,19,21-22,28H2,1-5H3. The number of aromatic nitrogens is 2. The number of fused-ring (bicyclic) bond motifs is 1. The van der Waals surface area contributed by atoms with Gasteiger partial charge < -0.3 is 19.4 Å². The summed E-state index contributed by atoms with van der Waals surface area (Å²) in [5, 5.41) is 1.04. The maximum Gasteiger partial charge on any atom is 0.410 e. The summed E-state index contributed by atoms with van der Waals surface area (Å²) in [7, 11) is 0. The number of amides is 1. The van der Waals surface area contributed by atoms with E-state index in [1.54, 1.807) is 6.20 Å². The number of unbranched alkanes of at least 4 members (excludes halogenated alkanes) is 1. The van der Waals surface area contributed by atoms with Crippen molar-refractivity contribution in [3.8, 4) is 11.3 Å². The van der Waals surface area contributed by atoms with Gasteiger partial charge in [0.25, 0.3) is 0 Å². The second-order valence-electron chi connectivity index (χ2n) is 13.1. The molecular formula is C41H47N3O4. The van der Waals surface area contributed by atoms with E-state index in [9.17, 15) is 9.59 Å². The highest BCUT2D eigenvalue weighted by molar-refractivity contribution is 5.93. The van der Waals surface area contributed by atoms with Gasteiger partial charge in [-0.15, -0.1) is 0 Å². The largest absolute Gasteiger partial charge is 0.465 e. The number of nitrogens with one attached hydrogen (secondary N) is 1. The highest BCUT2D eigenvalue weighted by Crippen LogP contribution is 2.35. The fraction of sp³-hybridized carbons (Fsp3) is 0.341. The minimum atomic E-state index is -0.819. The average molecular weight is 646 g/mol. The van der Waals surface area contributed by atoms with Crippen LogP contribution in [0.25, 0.3) is 22.2 Å². The molecular weight excluding hydrogens is 598 g/mol. The number of nitrogens with zero attached hydrogens (tertiary/aromatic N) is 2. The van der Waals surface area contributed by atoms with Crippen molar-refractivity contribution in [1.82, 2.24) is 14.9 Å². The Bertz CT molecular complexity index is 1810. The Morgan fingerprint density at radius 1 is 0.833 bits per heavy atom. The minimum absolute atomic E-state index is 0.221. The number of pyridine rings is 1. The van der Waals surface area contributed by atoms with Crippen molar-refractivity contribution in [2.75, 3.05) is 19.7 Å². The van der Waals surface area contributed by atoms with Gasteiger partial charge in [0.15, 0.2) is 0 Å². The Morgan fingerprint density at radius 2 is 1.58 bits per heavy atom. The lowest BCUT2D eigenvalue weighted by atomic mass is 9.83. The Hall–Kier alpha value is -4.91. The maximum absolute atomic E-state index is 13.6. The number of esters is 1. The lowest BCUT2D eigenvalue weighted by Crippen LogP contribution is -2.34. The first kappa shape index (κ1) is 34.4. The Labute approximate surface area is 284 Å². The molecule has 0 unspecified atom stereocenters. The molecule has 0 aliphatic carbocycles. The number of hydrogen-bond acceptors (Lipinski definition) is 5. The van der Waals surface area contributed by atoms with Crippen LogP contribution in [0.2, 0.25) is 0 Å². The van der Waals surface area contributed by atoms with Crippen molar-refractivity contribution in [3.05, 3.63) is 125 Å². The van der Waals surface area contributed by atoms with Crippen molar-refractivity contribution in [1.29, 1.82) is 0 Å². The lowest BCUT2D eigenvalue weighted by molar-refractivity contribution is -0.148. The molecule has 0 bridgehead atoms. The van der Waals surface area contributed by atoms with Crippen LogP contribution in [0.3, 0.4) is 0 Å². The second-order valence-corrected chi connectivity index (χ2v) is 13.1. The van der Waals surface area contributed by atoms with E-state index in [4.69, 9.17) is 9.47 Å². The predicted molar refractivity (Wildman–Crippen MR) is 192 cm³/mol. The van der Waals surface area contributed by atoms with E-state index in [0.29, 0.717) is 26.1 Å². The number of hydrogen-bond donors (Lipinski definition) is 1. The summed E-state index contributed by atoms with van der Waals surface area (Å²) in [6.07, 6.45) is 6.64. The van der Waals surface area contributed by atoms with Gasteiger partial charge in [-0.3, -0.25) is 9.78 Å². The molecule has 0 radical (unpaired) electrons. The number of benzene rings is 3. The van der Waals surface area contributed by atoms with Gasteiger partial charge in [0, 0.05) is 42.1 Å². The summed E-state index contributed by atoms with van der Waals surface area (Å²) in [4.78, 5) is 36.3. The summed E-state index contributed by atoms with van der Waals surface area (Å²) in [5.74, 6) is -0.255. The first-order valence-corrected chi connectivity index (χ1v) is 16.9. The monoisotopic (exact) mass is 645 g/mol. The van der Waals surface area contributed by atoms with Gasteiger partial charge in [0.2, 0.25) is 0 Å². The van der Waals surface area contributed by atoms with E-state index in [-0.39, 0.29) is 18.7 Å².